The maximum absolute atomic E-state index is 11.7. The SMILES string of the molecule is COC(=O)c1ccc(OC)c(-c2ccc(C=C3N=C(N)NC3=O)o2)c1. The zero-order valence-corrected chi connectivity index (χ0v) is 13.5. The van der Waals surface area contributed by atoms with Gasteiger partial charge in [-0.15, -0.1) is 0 Å². The van der Waals surface area contributed by atoms with Gasteiger partial charge in [-0.05, 0) is 30.3 Å². The maximum atomic E-state index is 11.7. The summed E-state index contributed by atoms with van der Waals surface area (Å²) in [6.07, 6.45) is 1.47. The number of hydrogen-bond donors (Lipinski definition) is 2. The molecule has 128 valence electrons. The highest BCUT2D eigenvalue weighted by Gasteiger charge is 2.19. The van der Waals surface area contributed by atoms with E-state index in [-0.39, 0.29) is 11.7 Å². The average Bonchev–Trinajstić information content (AvgIpc) is 3.20. The lowest BCUT2D eigenvalue weighted by atomic mass is 10.1. The lowest BCUT2D eigenvalue weighted by Crippen LogP contribution is -2.30. The molecule has 2 aromatic rings. The molecule has 8 nitrogen and oxygen atoms in total. The average molecular weight is 341 g/mol. The molecule has 0 spiro atoms. The van der Waals surface area contributed by atoms with Crippen molar-refractivity contribution in [2.45, 2.75) is 0 Å². The second kappa shape index (κ2) is 6.52. The Balaban J connectivity index is 1.98. The first-order valence-corrected chi connectivity index (χ1v) is 7.25. The Bertz CT molecular complexity index is 911. The van der Waals surface area contributed by atoms with E-state index in [1.165, 1.54) is 20.3 Å². The summed E-state index contributed by atoms with van der Waals surface area (Å²) in [5.74, 6) is 0.567. The van der Waals surface area contributed by atoms with Gasteiger partial charge < -0.3 is 19.6 Å². The van der Waals surface area contributed by atoms with E-state index in [4.69, 9.17) is 19.6 Å². The van der Waals surface area contributed by atoms with Crippen molar-refractivity contribution in [2.75, 3.05) is 14.2 Å². The summed E-state index contributed by atoms with van der Waals surface area (Å²) < 4.78 is 15.8. The van der Waals surface area contributed by atoms with Gasteiger partial charge in [0.25, 0.3) is 5.91 Å². The van der Waals surface area contributed by atoms with Gasteiger partial charge in [0.15, 0.2) is 0 Å². The van der Waals surface area contributed by atoms with E-state index in [9.17, 15) is 9.59 Å². The number of hydrogen-bond acceptors (Lipinski definition) is 7. The Hall–Kier alpha value is -3.55. The van der Waals surface area contributed by atoms with Crippen LogP contribution >= 0.6 is 0 Å². The molecule has 0 radical (unpaired) electrons. The summed E-state index contributed by atoms with van der Waals surface area (Å²) in [5, 5.41) is 2.38. The van der Waals surface area contributed by atoms with Crippen LogP contribution in [-0.2, 0) is 9.53 Å². The van der Waals surface area contributed by atoms with Gasteiger partial charge in [-0.2, -0.15) is 0 Å². The third kappa shape index (κ3) is 3.23. The number of methoxy groups -OCH3 is 2. The number of carbonyl (C=O) groups is 2. The summed E-state index contributed by atoms with van der Waals surface area (Å²) in [4.78, 5) is 27.2. The van der Waals surface area contributed by atoms with Crippen LogP contribution < -0.4 is 15.8 Å². The second-order valence-electron chi connectivity index (χ2n) is 5.09. The van der Waals surface area contributed by atoms with Gasteiger partial charge in [-0.25, -0.2) is 9.79 Å². The van der Waals surface area contributed by atoms with Crippen molar-refractivity contribution in [2.24, 2.45) is 10.7 Å². The molecule has 0 atom stereocenters. The minimum absolute atomic E-state index is 0.0375. The molecule has 8 heteroatoms. The van der Waals surface area contributed by atoms with E-state index >= 15 is 0 Å². The van der Waals surface area contributed by atoms with E-state index in [1.54, 1.807) is 30.3 Å². The first-order chi connectivity index (χ1) is 12.0. The standard InChI is InChI=1S/C17H15N3O5/c1-23-13-5-3-9(16(22)24-2)7-11(13)14-6-4-10(25-14)8-12-15(21)20-17(18)19-12/h3-8H,1-2H3,(H3,18,19,20,21). The zero-order valence-electron chi connectivity index (χ0n) is 13.5. The van der Waals surface area contributed by atoms with Crippen LogP contribution in [0.1, 0.15) is 16.1 Å². The number of nitrogens with one attached hydrogen (secondary N) is 1. The van der Waals surface area contributed by atoms with Crippen molar-refractivity contribution in [1.82, 2.24) is 5.32 Å². The number of carbonyl (C=O) groups excluding carboxylic acids is 2. The fourth-order valence-electron chi connectivity index (χ4n) is 2.34. The van der Waals surface area contributed by atoms with Crippen molar-refractivity contribution in [3.05, 3.63) is 47.4 Å². The number of amides is 1. The highest BCUT2D eigenvalue weighted by Crippen LogP contribution is 2.33. The number of benzene rings is 1. The predicted octanol–water partition coefficient (Wildman–Crippen LogP) is 1.53. The van der Waals surface area contributed by atoms with Crippen molar-refractivity contribution >= 4 is 23.9 Å². The number of furan rings is 1. The molecule has 25 heavy (non-hydrogen) atoms. The lowest BCUT2D eigenvalue weighted by Gasteiger charge is -2.08. The van der Waals surface area contributed by atoms with Gasteiger partial charge in [0.05, 0.1) is 25.3 Å². The van der Waals surface area contributed by atoms with Crippen LogP contribution in [0.5, 0.6) is 5.75 Å². The van der Waals surface area contributed by atoms with Crippen LogP contribution in [0.15, 0.2) is 45.4 Å². The van der Waals surface area contributed by atoms with Gasteiger partial charge in [-0.1, -0.05) is 0 Å². The van der Waals surface area contributed by atoms with Crippen molar-refractivity contribution in [3.8, 4) is 17.1 Å². The molecule has 0 saturated carbocycles. The predicted molar refractivity (Wildman–Crippen MR) is 89.8 cm³/mol. The van der Waals surface area contributed by atoms with E-state index in [1.807, 2.05) is 0 Å². The quantitative estimate of drug-likeness (QED) is 0.643. The van der Waals surface area contributed by atoms with E-state index in [0.29, 0.717) is 28.4 Å². The molecular formula is C17H15N3O5. The number of rotatable bonds is 4. The molecule has 3 rings (SSSR count). The number of ether oxygens (including phenoxy) is 2. The van der Waals surface area contributed by atoms with Crippen molar-refractivity contribution in [1.29, 1.82) is 0 Å². The molecule has 0 aliphatic carbocycles. The monoisotopic (exact) mass is 341 g/mol. The van der Waals surface area contributed by atoms with Gasteiger partial charge in [-0.3, -0.25) is 10.1 Å². The fraction of sp³-hybridized carbons (Fsp3) is 0.118. The van der Waals surface area contributed by atoms with Crippen LogP contribution in [-0.4, -0.2) is 32.1 Å². The number of nitrogens with zero attached hydrogens (tertiary/aromatic N) is 1. The zero-order chi connectivity index (χ0) is 18.0. The molecule has 0 bridgehead atoms. The molecule has 1 amide bonds. The summed E-state index contributed by atoms with van der Waals surface area (Å²) in [5.41, 5.74) is 6.54. The summed E-state index contributed by atoms with van der Waals surface area (Å²) in [6.45, 7) is 0. The smallest absolute Gasteiger partial charge is 0.337 e. The van der Waals surface area contributed by atoms with Crippen molar-refractivity contribution in [3.63, 3.8) is 0 Å². The molecule has 1 aliphatic rings. The van der Waals surface area contributed by atoms with E-state index in [0.717, 1.165) is 0 Å². The largest absolute Gasteiger partial charge is 0.496 e. The first-order valence-electron chi connectivity index (χ1n) is 7.25. The number of aliphatic imine (C=N–C) groups is 1. The Kier molecular flexibility index (Phi) is 4.25. The van der Waals surface area contributed by atoms with Crippen LogP contribution in [0.2, 0.25) is 0 Å². The minimum Gasteiger partial charge on any atom is -0.496 e. The minimum atomic E-state index is -0.467. The normalized spacial score (nSPS) is 15.0. The molecule has 0 fully saturated rings. The molecule has 2 heterocycles. The van der Waals surface area contributed by atoms with Crippen molar-refractivity contribution < 1.29 is 23.5 Å². The molecule has 1 aliphatic heterocycles. The van der Waals surface area contributed by atoms with Crippen LogP contribution in [0.25, 0.3) is 17.4 Å². The summed E-state index contributed by atoms with van der Waals surface area (Å²) in [7, 11) is 2.82. The van der Waals surface area contributed by atoms with Gasteiger partial charge in [0.1, 0.15) is 23.0 Å². The van der Waals surface area contributed by atoms with Gasteiger partial charge >= 0.3 is 5.97 Å². The molecule has 1 aromatic carbocycles. The third-order valence-electron chi connectivity index (χ3n) is 3.51. The fourth-order valence-corrected chi connectivity index (χ4v) is 2.34. The summed E-state index contributed by atoms with van der Waals surface area (Å²) in [6, 6.07) is 8.23. The Morgan fingerprint density at radius 1 is 1.28 bits per heavy atom. The van der Waals surface area contributed by atoms with Crippen LogP contribution in [0.3, 0.4) is 0 Å². The molecule has 1 aromatic heterocycles. The first kappa shape index (κ1) is 16.3. The molecule has 0 saturated heterocycles. The molecule has 0 unspecified atom stereocenters. The van der Waals surface area contributed by atoms with E-state index in [2.05, 4.69) is 10.3 Å². The van der Waals surface area contributed by atoms with Crippen LogP contribution in [0, 0.1) is 0 Å². The maximum Gasteiger partial charge on any atom is 0.337 e. The van der Waals surface area contributed by atoms with Gasteiger partial charge in [0.2, 0.25) is 5.96 Å². The third-order valence-corrected chi connectivity index (χ3v) is 3.51. The Morgan fingerprint density at radius 2 is 2.08 bits per heavy atom. The van der Waals surface area contributed by atoms with E-state index < -0.39 is 11.9 Å². The van der Waals surface area contributed by atoms with Gasteiger partial charge in [0, 0.05) is 6.08 Å². The summed E-state index contributed by atoms with van der Waals surface area (Å²) >= 11 is 0. The Labute approximate surface area is 142 Å². The number of nitrogens with two attached hydrogens (primary N) is 1. The molecular weight excluding hydrogens is 326 g/mol. The van der Waals surface area contributed by atoms with Crippen LogP contribution in [0.4, 0.5) is 0 Å². The second-order valence-corrected chi connectivity index (χ2v) is 5.09. The topological polar surface area (TPSA) is 116 Å². The highest BCUT2D eigenvalue weighted by molar-refractivity contribution is 6.13. The lowest BCUT2D eigenvalue weighted by molar-refractivity contribution is -0.115. The molecule has 3 N–H and O–H groups in total. The number of guanidine groups is 1. The Morgan fingerprint density at radius 3 is 2.72 bits per heavy atom. The number of esters is 1. The highest BCUT2D eigenvalue weighted by atomic mass is 16.5.